The highest BCUT2D eigenvalue weighted by Gasteiger charge is 2.19. The van der Waals surface area contributed by atoms with E-state index in [2.05, 4.69) is 15.4 Å². The van der Waals surface area contributed by atoms with Gasteiger partial charge in [-0.1, -0.05) is 42.5 Å². The van der Waals surface area contributed by atoms with Crippen molar-refractivity contribution in [2.75, 3.05) is 0 Å². The van der Waals surface area contributed by atoms with E-state index in [9.17, 15) is 9.90 Å². The lowest BCUT2D eigenvalue weighted by Crippen LogP contribution is -2.24. The molecule has 4 aromatic rings. The summed E-state index contributed by atoms with van der Waals surface area (Å²) in [5, 5.41) is 19.0. The number of hydrogen-bond donors (Lipinski definition) is 2. The predicted octanol–water partition coefficient (Wildman–Crippen LogP) is 3.63. The van der Waals surface area contributed by atoms with Crippen LogP contribution in [0.3, 0.4) is 0 Å². The molecule has 134 valence electrons. The third-order valence-electron chi connectivity index (χ3n) is 3.98. The average Bonchev–Trinajstić information content (AvgIpc) is 3.37. The maximum atomic E-state index is 12.6. The van der Waals surface area contributed by atoms with Crippen LogP contribution in [0.15, 0.2) is 72.1 Å². The van der Waals surface area contributed by atoms with E-state index in [4.69, 9.17) is 0 Å². The number of carbonyl (C=O) groups excluding carboxylic acids is 1. The Morgan fingerprint density at radius 2 is 1.81 bits per heavy atom. The summed E-state index contributed by atoms with van der Waals surface area (Å²) in [6.45, 7) is 0.194. The molecular formula is C20H16N4O2S. The predicted molar refractivity (Wildman–Crippen MR) is 104 cm³/mol. The highest BCUT2D eigenvalue weighted by Crippen LogP contribution is 2.25. The van der Waals surface area contributed by atoms with Crippen LogP contribution in [0.2, 0.25) is 0 Å². The van der Waals surface area contributed by atoms with Crippen molar-refractivity contribution in [2.24, 2.45) is 0 Å². The van der Waals surface area contributed by atoms with Gasteiger partial charge in [-0.15, -0.1) is 16.4 Å². The molecule has 0 bridgehead atoms. The second-order valence-electron chi connectivity index (χ2n) is 5.80. The second-order valence-corrected chi connectivity index (χ2v) is 6.74. The third kappa shape index (κ3) is 3.58. The highest BCUT2D eigenvalue weighted by molar-refractivity contribution is 7.13. The van der Waals surface area contributed by atoms with Crippen LogP contribution in [0.5, 0.6) is 5.75 Å². The number of nitrogens with zero attached hydrogens (tertiary/aromatic N) is 3. The molecule has 0 aliphatic rings. The molecule has 2 heterocycles. The molecule has 0 aliphatic carbocycles. The summed E-state index contributed by atoms with van der Waals surface area (Å²) in [5.41, 5.74) is 1.46. The zero-order valence-corrected chi connectivity index (χ0v) is 15.1. The van der Waals surface area contributed by atoms with E-state index in [0.717, 1.165) is 10.6 Å². The van der Waals surface area contributed by atoms with Gasteiger partial charge in [-0.3, -0.25) is 4.79 Å². The molecule has 2 aromatic carbocycles. The lowest BCUT2D eigenvalue weighted by Gasteiger charge is -2.05. The fourth-order valence-corrected chi connectivity index (χ4v) is 3.34. The Labute approximate surface area is 159 Å². The molecule has 0 spiro atoms. The molecule has 7 heteroatoms. The minimum Gasteiger partial charge on any atom is -0.508 e. The molecule has 2 N–H and O–H groups in total. The van der Waals surface area contributed by atoms with Gasteiger partial charge in [-0.25, -0.2) is 9.67 Å². The van der Waals surface area contributed by atoms with Gasteiger partial charge >= 0.3 is 0 Å². The molecule has 0 fully saturated rings. The molecule has 1 amide bonds. The van der Waals surface area contributed by atoms with Gasteiger partial charge in [0.15, 0.2) is 5.82 Å². The molecule has 0 atom stereocenters. The Morgan fingerprint density at radius 3 is 2.56 bits per heavy atom. The number of carbonyl (C=O) groups is 1. The Morgan fingerprint density at radius 1 is 1.04 bits per heavy atom. The van der Waals surface area contributed by atoms with Crippen molar-refractivity contribution in [3.63, 3.8) is 0 Å². The molecule has 6 nitrogen and oxygen atoms in total. The van der Waals surface area contributed by atoms with Crippen molar-refractivity contribution >= 4 is 17.2 Å². The van der Waals surface area contributed by atoms with Crippen LogP contribution in [0.4, 0.5) is 0 Å². The first-order valence-corrected chi connectivity index (χ1v) is 9.22. The van der Waals surface area contributed by atoms with Gasteiger partial charge in [0, 0.05) is 12.1 Å². The molecule has 0 radical (unpaired) electrons. The number of nitrogens with one attached hydrogen (secondary N) is 1. The molecule has 2 aromatic heterocycles. The Balaban J connectivity index is 1.63. The van der Waals surface area contributed by atoms with Gasteiger partial charge in [-0.05, 0) is 29.6 Å². The van der Waals surface area contributed by atoms with Crippen molar-refractivity contribution < 1.29 is 9.90 Å². The van der Waals surface area contributed by atoms with Crippen LogP contribution in [-0.4, -0.2) is 25.8 Å². The van der Waals surface area contributed by atoms with Crippen LogP contribution in [-0.2, 0) is 6.54 Å². The summed E-state index contributed by atoms with van der Waals surface area (Å²) in [5.74, 6) is 0.437. The van der Waals surface area contributed by atoms with Crippen molar-refractivity contribution in [1.29, 1.82) is 0 Å². The molecule has 0 saturated carbocycles. The molecule has 0 saturated heterocycles. The molecule has 0 unspecified atom stereocenters. The number of amides is 1. The highest BCUT2D eigenvalue weighted by atomic mass is 32.1. The summed E-state index contributed by atoms with van der Waals surface area (Å²) in [6.07, 6.45) is 0. The zero-order valence-electron chi connectivity index (χ0n) is 14.2. The number of aromatic nitrogens is 3. The lowest BCUT2D eigenvalue weighted by molar-refractivity contribution is 0.0940. The van der Waals surface area contributed by atoms with Gasteiger partial charge in [0.25, 0.3) is 5.91 Å². The Bertz CT molecular complexity index is 1060. The summed E-state index contributed by atoms with van der Waals surface area (Å²) in [6, 6.07) is 20.3. The van der Waals surface area contributed by atoms with Gasteiger partial charge in [0.2, 0.25) is 5.82 Å². The topological polar surface area (TPSA) is 80.0 Å². The van der Waals surface area contributed by atoms with Gasteiger partial charge in [0.05, 0.1) is 10.6 Å². The van der Waals surface area contributed by atoms with Crippen molar-refractivity contribution in [1.82, 2.24) is 20.1 Å². The summed E-state index contributed by atoms with van der Waals surface area (Å²) >= 11 is 1.53. The fraction of sp³-hybridized carbons (Fsp3) is 0.0500. The Hall–Kier alpha value is -3.45. The summed E-state index contributed by atoms with van der Waals surface area (Å²) in [7, 11) is 0. The fourth-order valence-electron chi connectivity index (χ4n) is 2.64. The summed E-state index contributed by atoms with van der Waals surface area (Å²) < 4.78 is 1.67. The van der Waals surface area contributed by atoms with Crippen LogP contribution >= 0.6 is 11.3 Å². The largest absolute Gasteiger partial charge is 0.508 e. The van der Waals surface area contributed by atoms with Gasteiger partial charge in [0.1, 0.15) is 5.75 Å². The first-order chi connectivity index (χ1) is 13.2. The van der Waals surface area contributed by atoms with E-state index in [0.29, 0.717) is 11.4 Å². The van der Waals surface area contributed by atoms with E-state index >= 15 is 0 Å². The number of phenols is 1. The third-order valence-corrected chi connectivity index (χ3v) is 4.85. The SMILES string of the molecule is O=C(NCc1ccccc1O)c1nc(-c2cccs2)n(-c2ccccc2)n1. The van der Waals surface area contributed by atoms with Gasteiger partial charge < -0.3 is 10.4 Å². The van der Waals surface area contributed by atoms with E-state index in [1.54, 1.807) is 28.9 Å². The van der Waals surface area contributed by atoms with E-state index in [1.165, 1.54) is 11.3 Å². The van der Waals surface area contributed by atoms with E-state index in [1.807, 2.05) is 47.8 Å². The Kier molecular flexibility index (Phi) is 4.67. The van der Waals surface area contributed by atoms with Crippen molar-refractivity contribution in [3.8, 4) is 22.1 Å². The van der Waals surface area contributed by atoms with Gasteiger partial charge in [-0.2, -0.15) is 0 Å². The average molecular weight is 376 g/mol. The summed E-state index contributed by atoms with van der Waals surface area (Å²) in [4.78, 5) is 17.9. The normalized spacial score (nSPS) is 10.7. The number of rotatable bonds is 5. The molecular weight excluding hydrogens is 360 g/mol. The van der Waals surface area contributed by atoms with E-state index in [-0.39, 0.29) is 18.1 Å². The number of thiophene rings is 1. The number of hydrogen-bond acceptors (Lipinski definition) is 5. The monoisotopic (exact) mass is 376 g/mol. The first-order valence-electron chi connectivity index (χ1n) is 8.34. The number of para-hydroxylation sites is 2. The minimum absolute atomic E-state index is 0.0812. The smallest absolute Gasteiger partial charge is 0.291 e. The molecule has 0 aliphatic heterocycles. The van der Waals surface area contributed by atoms with E-state index < -0.39 is 5.91 Å². The second kappa shape index (κ2) is 7.43. The lowest BCUT2D eigenvalue weighted by atomic mass is 10.2. The maximum absolute atomic E-state index is 12.6. The minimum atomic E-state index is -0.397. The maximum Gasteiger partial charge on any atom is 0.291 e. The number of benzene rings is 2. The van der Waals surface area contributed by atoms with Crippen LogP contribution in [0.25, 0.3) is 16.4 Å². The quantitative estimate of drug-likeness (QED) is 0.557. The number of aromatic hydroxyl groups is 1. The van der Waals surface area contributed by atoms with Crippen LogP contribution in [0, 0.1) is 0 Å². The first kappa shape index (κ1) is 17.0. The van der Waals surface area contributed by atoms with Crippen molar-refractivity contribution in [2.45, 2.75) is 6.54 Å². The van der Waals surface area contributed by atoms with Crippen molar-refractivity contribution in [3.05, 3.63) is 83.5 Å². The van der Waals surface area contributed by atoms with Crippen LogP contribution in [0.1, 0.15) is 16.2 Å². The number of phenolic OH excluding ortho intramolecular Hbond substituents is 1. The molecule has 4 rings (SSSR count). The zero-order chi connectivity index (χ0) is 18.6. The molecule has 27 heavy (non-hydrogen) atoms. The standard InChI is InChI=1S/C20H16N4O2S/c25-16-10-5-4-7-14(16)13-21-20(26)18-22-19(17-11-6-12-27-17)24(23-18)15-8-2-1-3-9-15/h1-12,25H,13H2,(H,21,26). The van der Waals surface area contributed by atoms with Crippen LogP contribution < -0.4 is 5.32 Å².